The molecule has 0 spiro atoms. The Morgan fingerprint density at radius 1 is 1.05 bits per heavy atom. The largest absolute Gasteiger partial charge is 0.392 e. The van der Waals surface area contributed by atoms with Crippen LogP contribution in [-0.4, -0.2) is 42.7 Å². The van der Waals surface area contributed by atoms with E-state index in [2.05, 4.69) is 30.6 Å². The number of aliphatic hydroxyl groups is 1. The maximum Gasteiger partial charge on any atom is 0.0702 e. The molecular formula is C16H27ClN2O. The number of hydrogen-bond acceptors (Lipinski definition) is 3. The van der Waals surface area contributed by atoms with Crippen molar-refractivity contribution in [3.05, 3.63) is 28.8 Å². The summed E-state index contributed by atoms with van der Waals surface area (Å²) < 4.78 is 0. The van der Waals surface area contributed by atoms with Gasteiger partial charge in [-0.25, -0.2) is 0 Å². The standard InChI is InChI=1S/C16H27ClN2O/c1-4-18(5-2)11-8-12-19(6-3)16-14(13-20)9-7-10-15(16)17/h7,9-10,20H,4-6,8,11-13H2,1-3H3. The molecule has 0 atom stereocenters. The van der Waals surface area contributed by atoms with E-state index in [0.717, 1.165) is 55.4 Å². The number of halogens is 1. The van der Waals surface area contributed by atoms with E-state index in [1.165, 1.54) is 0 Å². The first kappa shape index (κ1) is 17.3. The van der Waals surface area contributed by atoms with Crippen LogP contribution in [0.25, 0.3) is 0 Å². The minimum Gasteiger partial charge on any atom is -0.392 e. The van der Waals surface area contributed by atoms with E-state index < -0.39 is 0 Å². The molecule has 0 aliphatic carbocycles. The lowest BCUT2D eigenvalue weighted by molar-refractivity contribution is 0.281. The predicted octanol–water partition coefficient (Wildman–Crippen LogP) is 3.39. The van der Waals surface area contributed by atoms with Crippen LogP contribution in [0.15, 0.2) is 18.2 Å². The summed E-state index contributed by atoms with van der Waals surface area (Å²) in [6, 6.07) is 5.72. The summed E-state index contributed by atoms with van der Waals surface area (Å²) in [5.74, 6) is 0. The average molecular weight is 299 g/mol. The minimum atomic E-state index is 0.0302. The molecule has 0 fully saturated rings. The predicted molar refractivity (Wildman–Crippen MR) is 87.7 cm³/mol. The lowest BCUT2D eigenvalue weighted by Gasteiger charge is -2.28. The molecule has 114 valence electrons. The van der Waals surface area contributed by atoms with E-state index in [4.69, 9.17) is 11.6 Å². The van der Waals surface area contributed by atoms with Crippen molar-refractivity contribution in [2.75, 3.05) is 37.6 Å². The second kappa shape index (κ2) is 9.22. The van der Waals surface area contributed by atoms with Gasteiger partial charge in [-0.2, -0.15) is 0 Å². The second-order valence-electron chi connectivity index (χ2n) is 4.87. The molecule has 3 nitrogen and oxygen atoms in total. The van der Waals surface area contributed by atoms with Gasteiger partial charge in [-0.15, -0.1) is 0 Å². The minimum absolute atomic E-state index is 0.0302. The normalized spacial score (nSPS) is 11.1. The Balaban J connectivity index is 2.71. The Morgan fingerprint density at radius 2 is 1.75 bits per heavy atom. The molecule has 1 rings (SSSR count). The van der Waals surface area contributed by atoms with Gasteiger partial charge in [0.05, 0.1) is 17.3 Å². The molecule has 1 aromatic carbocycles. The summed E-state index contributed by atoms with van der Waals surface area (Å²) in [6.45, 7) is 11.7. The van der Waals surface area contributed by atoms with Crippen molar-refractivity contribution < 1.29 is 5.11 Å². The van der Waals surface area contributed by atoms with Crippen LogP contribution in [0.1, 0.15) is 32.8 Å². The van der Waals surface area contributed by atoms with Crippen LogP contribution in [0.4, 0.5) is 5.69 Å². The second-order valence-corrected chi connectivity index (χ2v) is 5.27. The summed E-state index contributed by atoms with van der Waals surface area (Å²) >= 11 is 6.31. The van der Waals surface area contributed by atoms with Gasteiger partial charge < -0.3 is 14.9 Å². The highest BCUT2D eigenvalue weighted by molar-refractivity contribution is 6.33. The van der Waals surface area contributed by atoms with E-state index in [0.29, 0.717) is 0 Å². The van der Waals surface area contributed by atoms with E-state index in [9.17, 15) is 5.11 Å². The first-order valence-electron chi connectivity index (χ1n) is 7.53. The highest BCUT2D eigenvalue weighted by atomic mass is 35.5. The lowest BCUT2D eigenvalue weighted by atomic mass is 10.1. The zero-order chi connectivity index (χ0) is 15.0. The third-order valence-corrected chi connectivity index (χ3v) is 4.04. The first-order valence-corrected chi connectivity index (χ1v) is 7.91. The molecule has 0 saturated carbocycles. The van der Waals surface area contributed by atoms with Crippen molar-refractivity contribution in [1.82, 2.24) is 4.90 Å². The fourth-order valence-corrected chi connectivity index (χ4v) is 2.81. The molecule has 0 radical (unpaired) electrons. The van der Waals surface area contributed by atoms with E-state index >= 15 is 0 Å². The van der Waals surface area contributed by atoms with Crippen LogP contribution < -0.4 is 4.90 Å². The Labute approximate surface area is 128 Å². The van der Waals surface area contributed by atoms with Gasteiger partial charge in [-0.3, -0.25) is 0 Å². The molecule has 20 heavy (non-hydrogen) atoms. The number of hydrogen-bond donors (Lipinski definition) is 1. The highest BCUT2D eigenvalue weighted by Crippen LogP contribution is 2.30. The van der Waals surface area contributed by atoms with Gasteiger partial charge in [0.15, 0.2) is 0 Å². The van der Waals surface area contributed by atoms with Crippen molar-refractivity contribution in [3.8, 4) is 0 Å². The van der Waals surface area contributed by atoms with Gasteiger partial charge in [0, 0.05) is 18.7 Å². The van der Waals surface area contributed by atoms with Crippen molar-refractivity contribution in [1.29, 1.82) is 0 Å². The van der Waals surface area contributed by atoms with E-state index in [1.807, 2.05) is 18.2 Å². The summed E-state index contributed by atoms with van der Waals surface area (Å²) in [5, 5.41) is 10.2. The number of anilines is 1. The molecule has 0 amide bonds. The smallest absolute Gasteiger partial charge is 0.0702 e. The van der Waals surface area contributed by atoms with Crippen LogP contribution in [0.5, 0.6) is 0 Å². The summed E-state index contributed by atoms with van der Waals surface area (Å²) in [7, 11) is 0. The Morgan fingerprint density at radius 3 is 2.30 bits per heavy atom. The zero-order valence-corrected chi connectivity index (χ0v) is 13.7. The molecule has 0 unspecified atom stereocenters. The molecule has 0 aromatic heterocycles. The zero-order valence-electron chi connectivity index (χ0n) is 12.9. The third-order valence-electron chi connectivity index (χ3n) is 3.74. The monoisotopic (exact) mass is 298 g/mol. The average Bonchev–Trinajstić information content (AvgIpc) is 2.48. The summed E-state index contributed by atoms with van der Waals surface area (Å²) in [4.78, 5) is 4.69. The van der Waals surface area contributed by atoms with Crippen LogP contribution >= 0.6 is 11.6 Å². The first-order chi connectivity index (χ1) is 9.67. The van der Waals surface area contributed by atoms with Gasteiger partial charge >= 0.3 is 0 Å². The number of rotatable bonds is 9. The van der Waals surface area contributed by atoms with Crippen LogP contribution in [0, 0.1) is 0 Å². The molecule has 0 aliphatic heterocycles. The topological polar surface area (TPSA) is 26.7 Å². The molecule has 1 aromatic rings. The van der Waals surface area contributed by atoms with Crippen LogP contribution in [-0.2, 0) is 6.61 Å². The van der Waals surface area contributed by atoms with Crippen LogP contribution in [0.2, 0.25) is 5.02 Å². The molecule has 0 bridgehead atoms. The maximum atomic E-state index is 9.48. The Kier molecular flexibility index (Phi) is 7.97. The highest BCUT2D eigenvalue weighted by Gasteiger charge is 2.13. The van der Waals surface area contributed by atoms with Crippen LogP contribution in [0.3, 0.4) is 0 Å². The quantitative estimate of drug-likeness (QED) is 0.757. The van der Waals surface area contributed by atoms with Gasteiger partial charge in [-0.05, 0) is 39.0 Å². The molecule has 1 N–H and O–H groups in total. The SMILES string of the molecule is CCN(CC)CCCN(CC)c1c(Cl)cccc1CO. The van der Waals surface area contributed by atoms with Gasteiger partial charge in [-0.1, -0.05) is 37.6 Å². The molecule has 0 aliphatic rings. The van der Waals surface area contributed by atoms with E-state index in [-0.39, 0.29) is 6.61 Å². The molecular weight excluding hydrogens is 272 g/mol. The summed E-state index contributed by atoms with van der Waals surface area (Å²) in [6.07, 6.45) is 1.10. The fourth-order valence-electron chi connectivity index (χ4n) is 2.49. The maximum absolute atomic E-state index is 9.48. The number of nitrogens with zero attached hydrogens (tertiary/aromatic N) is 2. The molecule has 0 saturated heterocycles. The van der Waals surface area contributed by atoms with Gasteiger partial charge in [0.25, 0.3) is 0 Å². The molecule has 0 heterocycles. The van der Waals surface area contributed by atoms with Crippen molar-refractivity contribution in [2.24, 2.45) is 0 Å². The van der Waals surface area contributed by atoms with Crippen molar-refractivity contribution >= 4 is 17.3 Å². The fraction of sp³-hybridized carbons (Fsp3) is 0.625. The van der Waals surface area contributed by atoms with Gasteiger partial charge in [0.1, 0.15) is 0 Å². The number of aliphatic hydroxyl groups excluding tert-OH is 1. The van der Waals surface area contributed by atoms with Crippen molar-refractivity contribution in [2.45, 2.75) is 33.8 Å². The lowest BCUT2D eigenvalue weighted by Crippen LogP contribution is -2.30. The number of benzene rings is 1. The van der Waals surface area contributed by atoms with E-state index in [1.54, 1.807) is 0 Å². The molecule has 4 heteroatoms. The summed E-state index contributed by atoms with van der Waals surface area (Å²) in [5.41, 5.74) is 1.89. The van der Waals surface area contributed by atoms with Gasteiger partial charge in [0.2, 0.25) is 0 Å². The van der Waals surface area contributed by atoms with Crippen molar-refractivity contribution in [3.63, 3.8) is 0 Å². The Bertz CT molecular complexity index is 394. The Hall–Kier alpha value is -0.770. The number of para-hydroxylation sites is 1. The third kappa shape index (κ3) is 4.65.